The van der Waals surface area contributed by atoms with Crippen molar-refractivity contribution >= 4 is 28.7 Å². The number of carbonyl (C=O) groups is 1. The number of hydrogen-bond acceptors (Lipinski definition) is 2. The molecule has 0 aliphatic heterocycles. The van der Waals surface area contributed by atoms with E-state index in [1.807, 2.05) is 24.3 Å². The summed E-state index contributed by atoms with van der Waals surface area (Å²) < 4.78 is 6.84. The van der Waals surface area contributed by atoms with E-state index in [0.29, 0.717) is 6.42 Å². The Balaban J connectivity index is 2.54. The van der Waals surface area contributed by atoms with E-state index in [-0.39, 0.29) is 6.04 Å². The van der Waals surface area contributed by atoms with E-state index in [4.69, 9.17) is 4.74 Å². The van der Waals surface area contributed by atoms with Crippen LogP contribution in [0.25, 0.3) is 0 Å². The SMILES string of the molecule is CCC[C@@](OC)(c1ccccc1I)N(C(=O)O)C1CC1. The summed E-state index contributed by atoms with van der Waals surface area (Å²) in [5.74, 6) is 0. The van der Waals surface area contributed by atoms with Gasteiger partial charge in [0, 0.05) is 22.3 Å². The Morgan fingerprint density at radius 2 is 2.15 bits per heavy atom. The molecule has 110 valence electrons. The van der Waals surface area contributed by atoms with Crippen molar-refractivity contribution in [2.75, 3.05) is 7.11 Å². The number of benzene rings is 1. The molecule has 0 unspecified atom stereocenters. The van der Waals surface area contributed by atoms with Gasteiger partial charge in [0.1, 0.15) is 0 Å². The molecule has 0 aromatic heterocycles. The molecule has 0 saturated heterocycles. The molecule has 1 atom stereocenters. The van der Waals surface area contributed by atoms with Crippen molar-refractivity contribution in [1.82, 2.24) is 4.90 Å². The van der Waals surface area contributed by atoms with Crippen LogP contribution in [0.5, 0.6) is 0 Å². The summed E-state index contributed by atoms with van der Waals surface area (Å²) in [6.07, 6.45) is 2.46. The number of nitrogens with zero attached hydrogens (tertiary/aromatic N) is 1. The maximum Gasteiger partial charge on any atom is 0.410 e. The number of hydrogen-bond donors (Lipinski definition) is 1. The first-order valence-corrected chi connectivity index (χ1v) is 7.97. The number of ether oxygens (including phenoxy) is 1. The molecule has 1 fully saturated rings. The minimum absolute atomic E-state index is 0.0787. The second kappa shape index (κ2) is 6.30. The van der Waals surface area contributed by atoms with E-state index in [2.05, 4.69) is 29.5 Å². The molecule has 1 aliphatic carbocycles. The Morgan fingerprint density at radius 3 is 2.60 bits per heavy atom. The minimum atomic E-state index is -0.901. The largest absolute Gasteiger partial charge is 0.465 e. The summed E-state index contributed by atoms with van der Waals surface area (Å²) in [6.45, 7) is 2.05. The van der Waals surface area contributed by atoms with Crippen molar-refractivity contribution in [2.24, 2.45) is 0 Å². The summed E-state index contributed by atoms with van der Waals surface area (Å²) in [5, 5.41) is 9.67. The van der Waals surface area contributed by atoms with Crippen LogP contribution < -0.4 is 0 Å². The molecule has 1 aromatic rings. The van der Waals surface area contributed by atoms with E-state index in [1.54, 1.807) is 7.11 Å². The van der Waals surface area contributed by atoms with Crippen LogP contribution in [0.1, 0.15) is 38.2 Å². The Hall–Kier alpha value is -0.820. The third kappa shape index (κ3) is 2.79. The Morgan fingerprint density at radius 1 is 1.50 bits per heavy atom. The van der Waals surface area contributed by atoms with E-state index in [0.717, 1.165) is 28.4 Å². The van der Waals surface area contributed by atoms with Gasteiger partial charge < -0.3 is 9.84 Å². The van der Waals surface area contributed by atoms with Crippen molar-refractivity contribution in [2.45, 2.75) is 44.4 Å². The van der Waals surface area contributed by atoms with Crippen LogP contribution in [0.15, 0.2) is 24.3 Å². The van der Waals surface area contributed by atoms with Gasteiger partial charge in [-0.2, -0.15) is 0 Å². The molecule has 2 rings (SSSR count). The van der Waals surface area contributed by atoms with Crippen molar-refractivity contribution in [3.8, 4) is 0 Å². The van der Waals surface area contributed by atoms with Gasteiger partial charge in [-0.15, -0.1) is 0 Å². The van der Waals surface area contributed by atoms with Gasteiger partial charge in [-0.3, -0.25) is 4.90 Å². The highest BCUT2D eigenvalue weighted by Gasteiger charge is 2.49. The van der Waals surface area contributed by atoms with Crippen LogP contribution in [0.4, 0.5) is 4.79 Å². The fraction of sp³-hybridized carbons (Fsp3) is 0.533. The molecule has 5 heteroatoms. The summed E-state index contributed by atoms with van der Waals surface area (Å²) in [6, 6.07) is 7.94. The first-order chi connectivity index (χ1) is 9.56. The topological polar surface area (TPSA) is 49.8 Å². The molecular weight excluding hydrogens is 369 g/mol. The summed E-state index contributed by atoms with van der Waals surface area (Å²) >= 11 is 2.25. The van der Waals surface area contributed by atoms with Gasteiger partial charge in [0.25, 0.3) is 0 Å². The molecule has 1 N–H and O–H groups in total. The van der Waals surface area contributed by atoms with Gasteiger partial charge in [0.05, 0.1) is 0 Å². The lowest BCUT2D eigenvalue weighted by atomic mass is 9.95. The quantitative estimate of drug-likeness (QED) is 0.591. The molecule has 0 heterocycles. The van der Waals surface area contributed by atoms with E-state index >= 15 is 0 Å². The summed E-state index contributed by atoms with van der Waals surface area (Å²) in [4.78, 5) is 13.3. The minimum Gasteiger partial charge on any atom is -0.465 e. The standard InChI is InChI=1S/C15H20INO3/c1-3-10-15(20-2,12-6-4-5-7-13(12)16)17(14(18)19)11-8-9-11/h4-7,11H,3,8-10H2,1-2H3,(H,18,19)/t15-/m1/s1. The van der Waals surface area contributed by atoms with Gasteiger partial charge in [0.2, 0.25) is 0 Å². The molecule has 1 aliphatic rings. The number of halogens is 1. The molecule has 20 heavy (non-hydrogen) atoms. The zero-order valence-corrected chi connectivity index (χ0v) is 14.0. The normalized spacial score (nSPS) is 17.6. The maximum atomic E-state index is 11.8. The Bertz CT molecular complexity index is 490. The van der Waals surface area contributed by atoms with Crippen molar-refractivity contribution in [3.63, 3.8) is 0 Å². The monoisotopic (exact) mass is 389 g/mol. The Kier molecular flexibility index (Phi) is 4.90. The second-order valence-corrected chi connectivity index (χ2v) is 6.26. The smallest absolute Gasteiger partial charge is 0.410 e. The van der Waals surface area contributed by atoms with Crippen LogP contribution >= 0.6 is 22.6 Å². The number of amides is 1. The maximum absolute atomic E-state index is 11.8. The molecular formula is C15H20INO3. The lowest BCUT2D eigenvalue weighted by molar-refractivity contribution is -0.138. The van der Waals surface area contributed by atoms with Crippen LogP contribution in [0, 0.1) is 3.57 Å². The fourth-order valence-corrected chi connectivity index (χ4v) is 3.56. The van der Waals surface area contributed by atoms with Crippen molar-refractivity contribution < 1.29 is 14.6 Å². The second-order valence-electron chi connectivity index (χ2n) is 5.10. The third-order valence-electron chi connectivity index (χ3n) is 3.73. The van der Waals surface area contributed by atoms with Gasteiger partial charge >= 0.3 is 6.09 Å². The predicted octanol–water partition coefficient (Wildman–Crippen LogP) is 4.03. The highest BCUT2D eigenvalue weighted by Crippen LogP contribution is 2.43. The zero-order chi connectivity index (χ0) is 14.8. The van der Waals surface area contributed by atoms with E-state index in [1.165, 1.54) is 4.90 Å². The van der Waals surface area contributed by atoms with Gasteiger partial charge in [0.15, 0.2) is 5.72 Å². The Labute approximate surface area is 133 Å². The van der Waals surface area contributed by atoms with Gasteiger partial charge in [-0.05, 0) is 47.9 Å². The average molecular weight is 389 g/mol. The number of rotatable bonds is 6. The van der Waals surface area contributed by atoms with Crippen LogP contribution in [0.2, 0.25) is 0 Å². The molecule has 1 aromatic carbocycles. The average Bonchev–Trinajstić information content (AvgIpc) is 3.22. The zero-order valence-electron chi connectivity index (χ0n) is 11.8. The molecule has 0 spiro atoms. The summed E-state index contributed by atoms with van der Waals surface area (Å²) in [5.41, 5.74) is 0.0683. The highest BCUT2D eigenvalue weighted by molar-refractivity contribution is 14.1. The van der Waals surface area contributed by atoms with Gasteiger partial charge in [-0.1, -0.05) is 31.5 Å². The van der Waals surface area contributed by atoms with Crippen LogP contribution in [-0.2, 0) is 10.5 Å². The highest BCUT2D eigenvalue weighted by atomic mass is 127. The van der Waals surface area contributed by atoms with Gasteiger partial charge in [-0.25, -0.2) is 4.79 Å². The van der Waals surface area contributed by atoms with E-state index in [9.17, 15) is 9.90 Å². The first kappa shape index (κ1) is 15.6. The lowest BCUT2D eigenvalue weighted by Gasteiger charge is -2.42. The lowest BCUT2D eigenvalue weighted by Crippen LogP contribution is -2.52. The molecule has 1 saturated carbocycles. The first-order valence-electron chi connectivity index (χ1n) is 6.89. The third-order valence-corrected chi connectivity index (χ3v) is 4.67. The molecule has 4 nitrogen and oxygen atoms in total. The molecule has 0 bridgehead atoms. The van der Waals surface area contributed by atoms with Crippen LogP contribution in [0.3, 0.4) is 0 Å². The fourth-order valence-electron chi connectivity index (χ4n) is 2.75. The number of carboxylic acid groups (broad SMARTS) is 1. The molecule has 0 radical (unpaired) electrons. The molecule has 1 amide bonds. The predicted molar refractivity (Wildman–Crippen MR) is 85.6 cm³/mol. The van der Waals surface area contributed by atoms with Crippen molar-refractivity contribution in [1.29, 1.82) is 0 Å². The summed E-state index contributed by atoms with van der Waals surface area (Å²) in [7, 11) is 1.61. The van der Waals surface area contributed by atoms with E-state index < -0.39 is 11.8 Å². The number of methoxy groups -OCH3 is 1. The van der Waals surface area contributed by atoms with Crippen LogP contribution in [-0.4, -0.2) is 29.3 Å². The van der Waals surface area contributed by atoms with Crippen molar-refractivity contribution in [3.05, 3.63) is 33.4 Å².